The Kier molecular flexibility index (Phi) is 5.22. The minimum absolute atomic E-state index is 0.435. The van der Waals surface area contributed by atoms with Gasteiger partial charge in [-0.3, -0.25) is 55.7 Å². The Bertz CT molecular complexity index is 1240. The monoisotopic (exact) mass is 445 g/mol. The van der Waals surface area contributed by atoms with Crippen LogP contribution in [0.1, 0.15) is 0 Å². The number of non-ortho nitro benzene ring substituents is 2. The predicted molar refractivity (Wildman–Crippen MR) is 103 cm³/mol. The molecule has 1 heterocycles. The molecule has 0 fully saturated rings. The molecule has 0 spiro atoms. The molecule has 3 rings (SSSR count). The summed E-state index contributed by atoms with van der Waals surface area (Å²) in [5.41, 5.74) is -5.96. The second-order valence-corrected chi connectivity index (χ2v) is 5.98. The first-order valence-corrected chi connectivity index (χ1v) is 8.12. The van der Waals surface area contributed by atoms with Crippen molar-refractivity contribution in [2.24, 2.45) is 0 Å². The van der Waals surface area contributed by atoms with Crippen LogP contribution in [0.25, 0.3) is 22.5 Å². The molecule has 0 aliphatic rings. The number of nitro benzene ring substituents is 4. The lowest BCUT2D eigenvalue weighted by Gasteiger charge is -2.02. The van der Waals surface area contributed by atoms with Gasteiger partial charge >= 0.3 is 5.69 Å². The molecule has 0 bridgehead atoms. The molecule has 0 aliphatic heterocycles. The highest BCUT2D eigenvalue weighted by Gasteiger charge is 2.35. The van der Waals surface area contributed by atoms with Crippen LogP contribution in [-0.4, -0.2) is 34.8 Å². The molecule has 1 aromatic heterocycles. The number of nitrogens with zero attached hydrogens (tertiary/aromatic N) is 6. The van der Waals surface area contributed by atoms with Crippen molar-refractivity contribution in [2.45, 2.75) is 0 Å². The summed E-state index contributed by atoms with van der Waals surface area (Å²) < 4.78 is 0. The highest BCUT2D eigenvalue weighted by Crippen LogP contribution is 2.43. The zero-order valence-corrected chi connectivity index (χ0v) is 15.2. The average Bonchev–Trinajstić information content (AvgIpc) is 3.17. The summed E-state index contributed by atoms with van der Waals surface area (Å²) in [6.07, 6.45) is 0. The number of aromatic nitrogens is 2. The van der Waals surface area contributed by atoms with Crippen molar-refractivity contribution in [2.75, 3.05) is 0 Å². The first-order valence-electron chi connectivity index (χ1n) is 8.12. The average molecular weight is 445 g/mol. The van der Waals surface area contributed by atoms with E-state index < -0.39 is 75.6 Å². The van der Waals surface area contributed by atoms with Gasteiger partial charge in [0, 0.05) is 12.1 Å². The second-order valence-electron chi connectivity index (χ2n) is 5.98. The van der Waals surface area contributed by atoms with Crippen LogP contribution in [0.5, 0.6) is 0 Å². The molecule has 3 aromatic rings. The molecule has 0 saturated carbocycles. The van der Waals surface area contributed by atoms with Gasteiger partial charge < -0.3 is 0 Å². The van der Waals surface area contributed by atoms with Gasteiger partial charge in [-0.2, -0.15) is 5.10 Å². The van der Waals surface area contributed by atoms with Crippen molar-refractivity contribution in [1.29, 1.82) is 0 Å². The van der Waals surface area contributed by atoms with Crippen molar-refractivity contribution in [1.82, 2.24) is 10.2 Å². The summed E-state index contributed by atoms with van der Waals surface area (Å²) in [7, 11) is 0. The van der Waals surface area contributed by atoms with Crippen molar-refractivity contribution >= 4 is 28.4 Å². The number of rotatable bonds is 7. The number of hydrogen-bond donors (Lipinski definition) is 1. The molecule has 0 aliphatic carbocycles. The fourth-order valence-electron chi connectivity index (χ4n) is 2.87. The summed E-state index contributed by atoms with van der Waals surface area (Å²) in [6.45, 7) is 0. The molecular formula is C15H7N7O10. The maximum absolute atomic E-state index is 11.8. The molecule has 0 unspecified atom stereocenters. The standard InChI is InChI=1S/C15H7N7O10/c23-18(24)7-1-3-9(11(5-7)20(27)28)13-15(22(31)32)14(17-16-13)10-4-2-8(19(25)26)6-12(10)21(29)30/h1-6H,(H,16,17). The van der Waals surface area contributed by atoms with Crippen LogP contribution in [0.2, 0.25) is 0 Å². The van der Waals surface area contributed by atoms with Crippen molar-refractivity contribution in [3.05, 3.63) is 87.0 Å². The molecule has 17 heteroatoms. The molecular weight excluding hydrogens is 438 g/mol. The van der Waals surface area contributed by atoms with E-state index in [2.05, 4.69) is 10.2 Å². The van der Waals surface area contributed by atoms with E-state index in [4.69, 9.17) is 0 Å². The molecule has 32 heavy (non-hydrogen) atoms. The minimum Gasteiger partial charge on any atom is -0.270 e. The SMILES string of the molecule is O=[N+]([O-])c1ccc(-c2n[nH]c(-c3ccc([N+](=O)[O-])cc3[N+](=O)[O-])c2[N+](=O)[O-])c([N+](=O)[O-])c1. The summed E-state index contributed by atoms with van der Waals surface area (Å²) in [4.78, 5) is 51.5. The summed E-state index contributed by atoms with van der Waals surface area (Å²) in [6, 6.07) is 4.70. The lowest BCUT2D eigenvalue weighted by atomic mass is 10.0. The van der Waals surface area contributed by atoms with Crippen LogP contribution < -0.4 is 0 Å². The fourth-order valence-corrected chi connectivity index (χ4v) is 2.87. The fraction of sp³-hybridized carbons (Fsp3) is 0. The van der Waals surface area contributed by atoms with E-state index in [0.717, 1.165) is 24.3 Å². The second kappa shape index (κ2) is 7.82. The van der Waals surface area contributed by atoms with E-state index in [0.29, 0.717) is 12.1 Å². The minimum atomic E-state index is -1.01. The summed E-state index contributed by atoms with van der Waals surface area (Å²) in [5, 5.41) is 62.2. The lowest BCUT2D eigenvalue weighted by Crippen LogP contribution is -1.99. The third kappa shape index (κ3) is 3.63. The van der Waals surface area contributed by atoms with Crippen LogP contribution in [-0.2, 0) is 0 Å². The molecule has 1 N–H and O–H groups in total. The number of nitro groups is 5. The third-order valence-electron chi connectivity index (χ3n) is 4.23. The molecule has 17 nitrogen and oxygen atoms in total. The molecule has 0 atom stereocenters. The normalized spacial score (nSPS) is 10.5. The van der Waals surface area contributed by atoms with Crippen molar-refractivity contribution in [3.8, 4) is 22.5 Å². The molecule has 0 saturated heterocycles. The van der Waals surface area contributed by atoms with Gasteiger partial charge in [0.25, 0.3) is 22.7 Å². The van der Waals surface area contributed by atoms with Crippen LogP contribution >= 0.6 is 0 Å². The van der Waals surface area contributed by atoms with Crippen molar-refractivity contribution in [3.63, 3.8) is 0 Å². The molecule has 162 valence electrons. The van der Waals surface area contributed by atoms with Gasteiger partial charge in [0.2, 0.25) is 0 Å². The van der Waals surface area contributed by atoms with E-state index in [1.807, 2.05) is 0 Å². The van der Waals surface area contributed by atoms with E-state index >= 15 is 0 Å². The highest BCUT2D eigenvalue weighted by molar-refractivity contribution is 5.88. The number of H-pyrrole nitrogens is 1. The number of nitrogens with one attached hydrogen (secondary N) is 1. The number of aromatic amines is 1. The van der Waals surface area contributed by atoms with Crippen LogP contribution in [0.3, 0.4) is 0 Å². The summed E-state index contributed by atoms with van der Waals surface area (Å²) in [5.74, 6) is 0. The molecule has 0 amide bonds. The number of hydrogen-bond acceptors (Lipinski definition) is 11. The number of benzene rings is 2. The van der Waals surface area contributed by atoms with Gasteiger partial charge in [0.05, 0.1) is 47.9 Å². The van der Waals surface area contributed by atoms with E-state index in [1.54, 1.807) is 0 Å². The Morgan fingerprint density at radius 2 is 1.09 bits per heavy atom. The Morgan fingerprint density at radius 1 is 0.625 bits per heavy atom. The van der Waals surface area contributed by atoms with E-state index in [1.165, 1.54) is 0 Å². The largest absolute Gasteiger partial charge is 0.323 e. The Labute approximate surface area is 173 Å². The Hall–Kier alpha value is -5.35. The Morgan fingerprint density at radius 3 is 1.53 bits per heavy atom. The molecule has 0 radical (unpaired) electrons. The van der Waals surface area contributed by atoms with Gasteiger partial charge in [-0.1, -0.05) is 0 Å². The predicted octanol–water partition coefficient (Wildman–Crippen LogP) is 3.28. The molecule has 2 aromatic carbocycles. The lowest BCUT2D eigenvalue weighted by molar-refractivity contribution is -0.394. The van der Waals surface area contributed by atoms with E-state index in [9.17, 15) is 50.6 Å². The first-order chi connectivity index (χ1) is 15.0. The quantitative estimate of drug-likeness (QED) is 0.408. The van der Waals surface area contributed by atoms with Gasteiger partial charge in [0.15, 0.2) is 11.4 Å². The van der Waals surface area contributed by atoms with Gasteiger partial charge in [-0.15, -0.1) is 0 Å². The van der Waals surface area contributed by atoms with Gasteiger partial charge in [0.1, 0.15) is 0 Å². The van der Waals surface area contributed by atoms with Crippen LogP contribution in [0.15, 0.2) is 36.4 Å². The topological polar surface area (TPSA) is 244 Å². The third-order valence-corrected chi connectivity index (χ3v) is 4.23. The van der Waals surface area contributed by atoms with Crippen molar-refractivity contribution < 1.29 is 24.6 Å². The zero-order valence-electron chi connectivity index (χ0n) is 15.2. The zero-order chi connectivity index (χ0) is 23.7. The van der Waals surface area contributed by atoms with Crippen LogP contribution in [0.4, 0.5) is 28.4 Å². The maximum atomic E-state index is 11.8. The first kappa shape index (κ1) is 21.4. The maximum Gasteiger partial charge on any atom is 0.323 e. The van der Waals surface area contributed by atoms with Gasteiger partial charge in [-0.05, 0) is 12.1 Å². The van der Waals surface area contributed by atoms with Gasteiger partial charge in [-0.25, -0.2) is 0 Å². The van der Waals surface area contributed by atoms with E-state index in [-0.39, 0.29) is 0 Å². The smallest absolute Gasteiger partial charge is 0.270 e. The summed E-state index contributed by atoms with van der Waals surface area (Å²) >= 11 is 0. The van der Waals surface area contributed by atoms with Crippen LogP contribution in [0, 0.1) is 50.6 Å². The highest BCUT2D eigenvalue weighted by atomic mass is 16.6. The Balaban J connectivity index is 2.31.